The number of esters is 2. The number of amides is 5. The van der Waals surface area contributed by atoms with E-state index in [2.05, 4.69) is 25.4 Å². The Bertz CT molecular complexity index is 549. The molecule has 4 N–H and O–H groups in total. The monoisotopic (exact) mass is 374 g/mol. The van der Waals surface area contributed by atoms with Crippen molar-refractivity contribution in [2.75, 3.05) is 32.8 Å². The fourth-order valence-corrected chi connectivity index (χ4v) is 1.41. The normalized spacial score (nSPS) is 9.46. The molecule has 146 valence electrons. The first-order valence-electron chi connectivity index (χ1n) is 7.70. The maximum atomic E-state index is 11.5. The van der Waals surface area contributed by atoms with Crippen molar-refractivity contribution in [3.8, 4) is 0 Å². The van der Waals surface area contributed by atoms with Crippen LogP contribution in [0.5, 0.6) is 0 Å². The SMILES string of the molecule is CCOC(=O)CNC(=O)CNC(=O)NC(=O)CC(=O)NCC(=O)OCC. The zero-order valence-corrected chi connectivity index (χ0v) is 14.5. The van der Waals surface area contributed by atoms with Crippen LogP contribution in [0.1, 0.15) is 20.3 Å². The van der Waals surface area contributed by atoms with E-state index in [0.29, 0.717) is 0 Å². The van der Waals surface area contributed by atoms with Crippen LogP contribution in [0.25, 0.3) is 0 Å². The summed E-state index contributed by atoms with van der Waals surface area (Å²) in [6.45, 7) is 2.30. The number of carbonyl (C=O) groups is 6. The Morgan fingerprint density at radius 1 is 0.654 bits per heavy atom. The van der Waals surface area contributed by atoms with Gasteiger partial charge < -0.3 is 25.4 Å². The highest BCUT2D eigenvalue weighted by Crippen LogP contribution is 1.83. The van der Waals surface area contributed by atoms with Crippen LogP contribution in [0.3, 0.4) is 0 Å². The van der Waals surface area contributed by atoms with Crippen LogP contribution in [-0.4, -0.2) is 68.5 Å². The first kappa shape index (κ1) is 22.8. The number of nitrogens with one attached hydrogen (secondary N) is 4. The van der Waals surface area contributed by atoms with Crippen LogP contribution in [0.4, 0.5) is 4.79 Å². The summed E-state index contributed by atoms with van der Waals surface area (Å²) in [5.41, 5.74) is 0. The molecule has 0 aromatic heterocycles. The molecule has 0 aliphatic heterocycles. The van der Waals surface area contributed by atoms with Gasteiger partial charge in [0.2, 0.25) is 17.7 Å². The molecule has 5 amide bonds. The van der Waals surface area contributed by atoms with Gasteiger partial charge in [-0.2, -0.15) is 0 Å². The first-order chi connectivity index (χ1) is 12.3. The van der Waals surface area contributed by atoms with E-state index in [0.717, 1.165) is 0 Å². The summed E-state index contributed by atoms with van der Waals surface area (Å²) >= 11 is 0. The maximum Gasteiger partial charge on any atom is 0.325 e. The van der Waals surface area contributed by atoms with Gasteiger partial charge in [-0.25, -0.2) is 4.79 Å². The minimum absolute atomic E-state index is 0.155. The second kappa shape index (κ2) is 13.1. The fraction of sp³-hybridized carbons (Fsp3) is 0.571. The molecule has 0 saturated heterocycles. The van der Waals surface area contributed by atoms with Gasteiger partial charge in [-0.1, -0.05) is 0 Å². The number of hydrogen-bond acceptors (Lipinski definition) is 8. The Hall–Kier alpha value is -3.18. The summed E-state index contributed by atoms with van der Waals surface area (Å²) in [5.74, 6) is -3.68. The van der Waals surface area contributed by atoms with Crippen LogP contribution in [0.2, 0.25) is 0 Å². The molecule has 0 rings (SSSR count). The zero-order valence-electron chi connectivity index (χ0n) is 14.5. The van der Waals surface area contributed by atoms with Crippen LogP contribution >= 0.6 is 0 Å². The summed E-state index contributed by atoms with van der Waals surface area (Å²) < 4.78 is 9.17. The molecular weight excluding hydrogens is 352 g/mol. The molecule has 12 nitrogen and oxygen atoms in total. The molecule has 0 saturated carbocycles. The summed E-state index contributed by atoms with van der Waals surface area (Å²) in [4.78, 5) is 67.7. The molecule has 0 fully saturated rings. The van der Waals surface area contributed by atoms with Crippen molar-refractivity contribution in [1.29, 1.82) is 0 Å². The highest BCUT2D eigenvalue weighted by molar-refractivity contribution is 6.04. The molecule has 12 heteroatoms. The zero-order chi connectivity index (χ0) is 19.9. The number of carbonyl (C=O) groups excluding carboxylic acids is 6. The topological polar surface area (TPSA) is 169 Å². The standard InChI is InChI=1S/C14H22N4O8/c1-3-25-12(22)7-15-9(19)5-10(20)18-14(24)17-6-11(21)16-8-13(23)26-4-2/h3-8H2,1-2H3,(H,15,19)(H,16,21)(H2,17,18,20,24). The third-order valence-electron chi connectivity index (χ3n) is 2.45. The Kier molecular flexibility index (Phi) is 11.5. The summed E-state index contributed by atoms with van der Waals surface area (Å²) in [6.07, 6.45) is -0.693. The molecule has 26 heavy (non-hydrogen) atoms. The lowest BCUT2D eigenvalue weighted by molar-refractivity contribution is -0.144. The van der Waals surface area contributed by atoms with Gasteiger partial charge in [0.05, 0.1) is 19.8 Å². The molecular formula is C14H22N4O8. The average molecular weight is 374 g/mol. The van der Waals surface area contributed by atoms with E-state index in [9.17, 15) is 28.8 Å². The molecule has 0 aromatic carbocycles. The summed E-state index contributed by atoms with van der Waals surface area (Å²) in [6, 6.07) is -1.00. The van der Waals surface area contributed by atoms with Gasteiger partial charge >= 0.3 is 18.0 Å². The van der Waals surface area contributed by atoms with Crippen LogP contribution in [0, 0.1) is 0 Å². The predicted molar refractivity (Wildman–Crippen MR) is 85.4 cm³/mol. The Morgan fingerprint density at radius 3 is 1.65 bits per heavy atom. The van der Waals surface area contributed by atoms with Crippen molar-refractivity contribution in [3.05, 3.63) is 0 Å². The minimum atomic E-state index is -1.00. The molecule has 0 atom stereocenters. The van der Waals surface area contributed by atoms with Crippen molar-refractivity contribution >= 4 is 35.7 Å². The van der Waals surface area contributed by atoms with Crippen molar-refractivity contribution in [2.45, 2.75) is 20.3 Å². The molecule has 0 heterocycles. The van der Waals surface area contributed by atoms with Crippen LogP contribution < -0.4 is 21.3 Å². The third-order valence-corrected chi connectivity index (χ3v) is 2.45. The lowest BCUT2D eigenvalue weighted by atomic mass is 10.3. The molecule has 0 unspecified atom stereocenters. The Balaban J connectivity index is 3.95. The lowest BCUT2D eigenvalue weighted by Crippen LogP contribution is -2.46. The van der Waals surface area contributed by atoms with Crippen molar-refractivity contribution < 1.29 is 38.2 Å². The second-order valence-electron chi connectivity index (χ2n) is 4.57. The van der Waals surface area contributed by atoms with E-state index in [1.165, 1.54) is 0 Å². The molecule has 0 aromatic rings. The number of imide groups is 1. The number of rotatable bonds is 10. The highest BCUT2D eigenvalue weighted by atomic mass is 16.5. The van der Waals surface area contributed by atoms with E-state index in [1.807, 2.05) is 5.32 Å². The lowest BCUT2D eigenvalue weighted by Gasteiger charge is -2.08. The molecule has 0 aliphatic rings. The smallest absolute Gasteiger partial charge is 0.325 e. The first-order valence-corrected chi connectivity index (χ1v) is 7.70. The van der Waals surface area contributed by atoms with Crippen molar-refractivity contribution in [1.82, 2.24) is 21.3 Å². The van der Waals surface area contributed by atoms with E-state index >= 15 is 0 Å². The van der Waals surface area contributed by atoms with Gasteiger partial charge in [0.25, 0.3) is 0 Å². The van der Waals surface area contributed by atoms with Gasteiger partial charge in [0.15, 0.2) is 0 Å². The van der Waals surface area contributed by atoms with Gasteiger partial charge in [-0.3, -0.25) is 29.3 Å². The number of urea groups is 1. The number of ether oxygens (including phenoxy) is 2. The van der Waals surface area contributed by atoms with Gasteiger partial charge in [-0.15, -0.1) is 0 Å². The van der Waals surface area contributed by atoms with Crippen LogP contribution in [0.15, 0.2) is 0 Å². The highest BCUT2D eigenvalue weighted by Gasteiger charge is 2.14. The van der Waals surface area contributed by atoms with E-state index < -0.39 is 55.2 Å². The predicted octanol–water partition coefficient (Wildman–Crippen LogP) is -2.44. The van der Waals surface area contributed by atoms with Gasteiger partial charge in [-0.05, 0) is 13.8 Å². The molecule has 0 aliphatic carbocycles. The Labute approximate surface area is 149 Å². The van der Waals surface area contributed by atoms with E-state index in [1.54, 1.807) is 13.8 Å². The van der Waals surface area contributed by atoms with E-state index in [4.69, 9.17) is 0 Å². The molecule has 0 radical (unpaired) electrons. The maximum absolute atomic E-state index is 11.5. The fourth-order valence-electron chi connectivity index (χ4n) is 1.41. The molecule has 0 bridgehead atoms. The quantitative estimate of drug-likeness (QED) is 0.241. The Morgan fingerprint density at radius 2 is 1.15 bits per heavy atom. The number of hydrogen-bond donors (Lipinski definition) is 4. The average Bonchev–Trinajstić information content (AvgIpc) is 2.56. The van der Waals surface area contributed by atoms with Crippen LogP contribution in [-0.2, 0) is 33.4 Å². The second-order valence-corrected chi connectivity index (χ2v) is 4.57. The van der Waals surface area contributed by atoms with E-state index in [-0.39, 0.29) is 19.8 Å². The summed E-state index contributed by atoms with van der Waals surface area (Å²) in [7, 11) is 0. The van der Waals surface area contributed by atoms with Crippen molar-refractivity contribution in [2.24, 2.45) is 0 Å². The largest absolute Gasteiger partial charge is 0.465 e. The van der Waals surface area contributed by atoms with Gasteiger partial charge in [0, 0.05) is 0 Å². The molecule has 0 spiro atoms. The summed E-state index contributed by atoms with van der Waals surface area (Å²) in [5, 5.41) is 8.24. The minimum Gasteiger partial charge on any atom is -0.465 e. The van der Waals surface area contributed by atoms with Crippen molar-refractivity contribution in [3.63, 3.8) is 0 Å². The third kappa shape index (κ3) is 12.3. The van der Waals surface area contributed by atoms with Gasteiger partial charge in [0.1, 0.15) is 19.5 Å².